The molecule has 7 nitrogen and oxygen atoms in total. The number of carbonyl (C=O) groups is 1. The molecule has 3 heterocycles. The number of amides is 1. The van der Waals surface area contributed by atoms with Crippen molar-refractivity contribution in [2.45, 2.75) is 32.9 Å². The highest BCUT2D eigenvalue weighted by molar-refractivity contribution is 5.76. The number of morpholine rings is 1. The predicted molar refractivity (Wildman–Crippen MR) is 90.2 cm³/mol. The number of pyridine rings is 1. The van der Waals surface area contributed by atoms with E-state index in [0.717, 1.165) is 17.1 Å². The highest BCUT2D eigenvalue weighted by atomic mass is 16.5. The van der Waals surface area contributed by atoms with Crippen molar-refractivity contribution in [3.05, 3.63) is 41.5 Å². The number of ether oxygens (including phenoxy) is 1. The Balaban J connectivity index is 1.61. The van der Waals surface area contributed by atoms with E-state index in [1.807, 2.05) is 43.1 Å². The van der Waals surface area contributed by atoms with Crippen LogP contribution in [0.1, 0.15) is 29.6 Å². The molecular formula is C17H23N5O2. The fraction of sp³-hybridized carbons (Fsp3) is 0.471. The topological polar surface area (TPSA) is 86.3 Å². The van der Waals surface area contributed by atoms with Crippen LogP contribution in [-0.2, 0) is 16.1 Å². The van der Waals surface area contributed by atoms with Crippen molar-refractivity contribution in [2.75, 3.05) is 25.4 Å². The highest BCUT2D eigenvalue weighted by Gasteiger charge is 2.26. The Morgan fingerprint density at radius 1 is 1.38 bits per heavy atom. The zero-order chi connectivity index (χ0) is 17.1. The molecule has 0 aromatic carbocycles. The Bertz CT molecular complexity index is 707. The molecule has 2 aromatic rings. The van der Waals surface area contributed by atoms with Crippen molar-refractivity contribution in [2.24, 2.45) is 0 Å². The van der Waals surface area contributed by atoms with E-state index in [9.17, 15) is 4.79 Å². The Labute approximate surface area is 141 Å². The van der Waals surface area contributed by atoms with Gasteiger partial charge in [0.15, 0.2) is 0 Å². The third-order valence-corrected chi connectivity index (χ3v) is 4.07. The molecule has 1 aliphatic heterocycles. The number of nitrogens with zero attached hydrogens (tertiary/aromatic N) is 4. The lowest BCUT2D eigenvalue weighted by Gasteiger charge is -2.33. The summed E-state index contributed by atoms with van der Waals surface area (Å²) in [5.74, 6) is 0.108. The number of hydrogen-bond donors (Lipinski definition) is 1. The van der Waals surface area contributed by atoms with E-state index in [0.29, 0.717) is 38.3 Å². The minimum atomic E-state index is -0.225. The molecule has 1 amide bonds. The summed E-state index contributed by atoms with van der Waals surface area (Å²) in [6.45, 7) is 6.04. The summed E-state index contributed by atoms with van der Waals surface area (Å²) in [5, 5.41) is 4.31. The highest BCUT2D eigenvalue weighted by Crippen LogP contribution is 2.23. The van der Waals surface area contributed by atoms with Crippen molar-refractivity contribution in [1.29, 1.82) is 0 Å². The maximum Gasteiger partial charge on any atom is 0.224 e. The van der Waals surface area contributed by atoms with Crippen LogP contribution in [0.25, 0.3) is 0 Å². The van der Waals surface area contributed by atoms with Gasteiger partial charge in [0.1, 0.15) is 6.10 Å². The van der Waals surface area contributed by atoms with Gasteiger partial charge in [-0.1, -0.05) is 0 Å². The number of nitrogens with two attached hydrogens (primary N) is 1. The zero-order valence-electron chi connectivity index (χ0n) is 14.1. The van der Waals surface area contributed by atoms with Gasteiger partial charge in [-0.2, -0.15) is 5.10 Å². The molecule has 0 aliphatic carbocycles. The smallest absolute Gasteiger partial charge is 0.224 e. The molecule has 2 aromatic heterocycles. The van der Waals surface area contributed by atoms with Crippen molar-refractivity contribution in [1.82, 2.24) is 19.7 Å². The summed E-state index contributed by atoms with van der Waals surface area (Å²) in [6.07, 6.45) is 2.10. The van der Waals surface area contributed by atoms with E-state index in [-0.39, 0.29) is 12.0 Å². The maximum absolute atomic E-state index is 12.5. The molecule has 0 spiro atoms. The number of nitrogen functional groups attached to an aromatic ring is 1. The molecule has 24 heavy (non-hydrogen) atoms. The van der Waals surface area contributed by atoms with E-state index in [2.05, 4.69) is 10.1 Å². The molecule has 3 rings (SSSR count). The summed E-state index contributed by atoms with van der Waals surface area (Å²) in [4.78, 5) is 18.8. The fourth-order valence-electron chi connectivity index (χ4n) is 2.90. The lowest BCUT2D eigenvalue weighted by atomic mass is 10.1. The SMILES string of the molecule is Cc1cc(N)cc(C2CN(C(=O)CCn3ccc(C)n3)CCO2)n1. The van der Waals surface area contributed by atoms with Crippen molar-refractivity contribution in [3.8, 4) is 0 Å². The Morgan fingerprint density at radius 2 is 2.21 bits per heavy atom. The second-order valence-electron chi connectivity index (χ2n) is 6.14. The van der Waals surface area contributed by atoms with Gasteiger partial charge in [0.25, 0.3) is 0 Å². The molecule has 1 saturated heterocycles. The maximum atomic E-state index is 12.5. The Kier molecular flexibility index (Phi) is 4.80. The van der Waals surface area contributed by atoms with E-state index in [1.54, 1.807) is 4.68 Å². The first-order valence-electron chi connectivity index (χ1n) is 8.15. The third-order valence-electron chi connectivity index (χ3n) is 4.07. The van der Waals surface area contributed by atoms with E-state index in [1.165, 1.54) is 0 Å². The second-order valence-corrected chi connectivity index (χ2v) is 6.14. The van der Waals surface area contributed by atoms with Gasteiger partial charge in [0.2, 0.25) is 5.91 Å². The zero-order valence-corrected chi connectivity index (χ0v) is 14.1. The first-order chi connectivity index (χ1) is 11.5. The first-order valence-corrected chi connectivity index (χ1v) is 8.15. The van der Waals surface area contributed by atoms with Crippen LogP contribution in [0.5, 0.6) is 0 Å². The van der Waals surface area contributed by atoms with Crippen LogP contribution in [0.15, 0.2) is 24.4 Å². The molecule has 1 aliphatic rings. The van der Waals surface area contributed by atoms with Crippen molar-refractivity contribution < 1.29 is 9.53 Å². The normalized spacial score (nSPS) is 17.9. The van der Waals surface area contributed by atoms with Crippen molar-refractivity contribution in [3.63, 3.8) is 0 Å². The van der Waals surface area contributed by atoms with Gasteiger partial charge in [0.05, 0.1) is 24.5 Å². The summed E-state index contributed by atoms with van der Waals surface area (Å²) >= 11 is 0. The summed E-state index contributed by atoms with van der Waals surface area (Å²) in [6, 6.07) is 5.57. The second kappa shape index (κ2) is 7.00. The molecule has 7 heteroatoms. The molecule has 1 fully saturated rings. The number of aryl methyl sites for hydroxylation is 3. The molecule has 128 valence electrons. The molecule has 2 N–H and O–H groups in total. The molecular weight excluding hydrogens is 306 g/mol. The van der Waals surface area contributed by atoms with Crippen LogP contribution in [-0.4, -0.2) is 45.3 Å². The first kappa shape index (κ1) is 16.4. The average molecular weight is 329 g/mol. The summed E-state index contributed by atoms with van der Waals surface area (Å²) < 4.78 is 7.59. The van der Waals surface area contributed by atoms with E-state index >= 15 is 0 Å². The van der Waals surface area contributed by atoms with Gasteiger partial charge in [-0.3, -0.25) is 14.5 Å². The quantitative estimate of drug-likeness (QED) is 0.918. The average Bonchev–Trinajstić information content (AvgIpc) is 2.97. The molecule has 1 unspecified atom stereocenters. The summed E-state index contributed by atoms with van der Waals surface area (Å²) in [5.41, 5.74) is 9.15. The van der Waals surface area contributed by atoms with Gasteiger partial charge in [-0.25, -0.2) is 0 Å². The Morgan fingerprint density at radius 3 is 2.92 bits per heavy atom. The number of anilines is 1. The number of carbonyl (C=O) groups excluding carboxylic acids is 1. The van der Waals surface area contributed by atoms with Crippen LogP contribution in [0.4, 0.5) is 5.69 Å². The van der Waals surface area contributed by atoms with E-state index in [4.69, 9.17) is 10.5 Å². The third kappa shape index (κ3) is 3.91. The van der Waals surface area contributed by atoms with Gasteiger partial charge < -0.3 is 15.4 Å². The number of aromatic nitrogens is 3. The van der Waals surface area contributed by atoms with Gasteiger partial charge in [0, 0.05) is 37.1 Å². The predicted octanol–water partition coefficient (Wildman–Crippen LogP) is 1.47. The summed E-state index contributed by atoms with van der Waals surface area (Å²) in [7, 11) is 0. The van der Waals surface area contributed by atoms with Gasteiger partial charge in [-0.05, 0) is 32.0 Å². The minimum Gasteiger partial charge on any atom is -0.399 e. The monoisotopic (exact) mass is 329 g/mol. The minimum absolute atomic E-state index is 0.108. The molecule has 0 bridgehead atoms. The number of hydrogen-bond acceptors (Lipinski definition) is 5. The van der Waals surface area contributed by atoms with Crippen LogP contribution in [0.2, 0.25) is 0 Å². The van der Waals surface area contributed by atoms with E-state index < -0.39 is 0 Å². The molecule has 0 saturated carbocycles. The molecule has 1 atom stereocenters. The van der Waals surface area contributed by atoms with Crippen molar-refractivity contribution >= 4 is 11.6 Å². The number of rotatable bonds is 4. The largest absolute Gasteiger partial charge is 0.399 e. The van der Waals surface area contributed by atoms with Gasteiger partial charge >= 0.3 is 0 Å². The van der Waals surface area contributed by atoms with Crippen LogP contribution in [0.3, 0.4) is 0 Å². The standard InChI is InChI=1S/C17H23N5O2/c1-12-3-5-22(20-12)6-4-17(23)21-7-8-24-16(11-21)15-10-14(18)9-13(2)19-15/h3,5,9-10,16H,4,6-8,11H2,1-2H3,(H2,18,19). The van der Waals surface area contributed by atoms with Crippen LogP contribution < -0.4 is 5.73 Å². The lowest BCUT2D eigenvalue weighted by molar-refractivity contribution is -0.139. The van der Waals surface area contributed by atoms with Crippen LogP contribution in [0, 0.1) is 13.8 Å². The molecule has 0 radical (unpaired) electrons. The lowest BCUT2D eigenvalue weighted by Crippen LogP contribution is -2.42. The fourth-order valence-corrected chi connectivity index (χ4v) is 2.90. The van der Waals surface area contributed by atoms with Crippen LogP contribution >= 0.6 is 0 Å². The Hall–Kier alpha value is -2.41. The van der Waals surface area contributed by atoms with Gasteiger partial charge in [-0.15, -0.1) is 0 Å².